The van der Waals surface area contributed by atoms with Crippen LogP contribution in [0.5, 0.6) is 0 Å². The fraction of sp³-hybridized carbons (Fsp3) is 0.300. The molecule has 0 spiro atoms. The van der Waals surface area contributed by atoms with Crippen LogP contribution in [-0.4, -0.2) is 26.0 Å². The summed E-state index contributed by atoms with van der Waals surface area (Å²) in [4.78, 5) is 12.3. The molecule has 0 atom stereocenters. The second kappa shape index (κ2) is 3.98. The van der Waals surface area contributed by atoms with Crippen molar-refractivity contribution >= 4 is 21.4 Å². The molecule has 0 N–H and O–H groups in total. The summed E-state index contributed by atoms with van der Waals surface area (Å²) in [5, 5.41) is 0. The monoisotopic (exact) mass is 279 g/mol. The molecule has 0 aliphatic carbocycles. The lowest BCUT2D eigenvalue weighted by Crippen LogP contribution is -2.25. The predicted molar refractivity (Wildman–Crippen MR) is 57.6 cm³/mol. The van der Waals surface area contributed by atoms with Gasteiger partial charge in [-0.3, -0.25) is 9.69 Å². The first-order valence-corrected chi connectivity index (χ1v) is 6.69. The predicted octanol–water partition coefficient (Wildman–Crippen LogP) is 1.42. The summed E-state index contributed by atoms with van der Waals surface area (Å²) in [6.07, 6.45) is -4.53. The third-order valence-corrected chi connectivity index (χ3v) is 3.79. The van der Waals surface area contributed by atoms with E-state index in [1.165, 1.54) is 6.07 Å². The quantitative estimate of drug-likeness (QED) is 0.781. The summed E-state index contributed by atoms with van der Waals surface area (Å²) < 4.78 is 59.9. The van der Waals surface area contributed by atoms with Crippen LogP contribution < -0.4 is 4.90 Å². The van der Waals surface area contributed by atoms with E-state index in [-0.39, 0.29) is 5.69 Å². The number of hydrogen-bond acceptors (Lipinski definition) is 3. The van der Waals surface area contributed by atoms with Gasteiger partial charge < -0.3 is 0 Å². The standard InChI is InChI=1S/C10H8F3NO3S/c11-10(12,13)7-2-1-3-8(4-7)14-6-18(16,17)5-9(14)15/h1-4H,5-6H2. The number of alkyl halides is 3. The Bertz CT molecular complexity index is 595. The minimum absolute atomic E-state index is 0.0594. The molecule has 98 valence electrons. The van der Waals surface area contributed by atoms with Crippen LogP contribution in [0.3, 0.4) is 0 Å². The van der Waals surface area contributed by atoms with Gasteiger partial charge >= 0.3 is 6.18 Å². The number of anilines is 1. The van der Waals surface area contributed by atoms with Crippen molar-refractivity contribution in [2.24, 2.45) is 0 Å². The second-order valence-electron chi connectivity index (χ2n) is 3.89. The molecule has 1 heterocycles. The highest BCUT2D eigenvalue weighted by molar-refractivity contribution is 7.92. The maximum atomic E-state index is 12.5. The van der Waals surface area contributed by atoms with Gasteiger partial charge in [-0.25, -0.2) is 8.42 Å². The Balaban J connectivity index is 2.39. The number of nitrogens with zero attached hydrogens (tertiary/aromatic N) is 1. The van der Waals surface area contributed by atoms with Crippen LogP contribution in [0.2, 0.25) is 0 Å². The second-order valence-corrected chi connectivity index (χ2v) is 5.92. The zero-order chi connectivity index (χ0) is 13.6. The molecule has 0 saturated carbocycles. The molecule has 18 heavy (non-hydrogen) atoms. The average Bonchev–Trinajstić information content (AvgIpc) is 2.51. The number of amides is 1. The van der Waals surface area contributed by atoms with Gasteiger partial charge in [0.05, 0.1) is 5.56 Å². The molecule has 0 unspecified atom stereocenters. The first kappa shape index (κ1) is 12.9. The number of sulfone groups is 1. The zero-order valence-corrected chi connectivity index (χ0v) is 9.75. The molecule has 8 heteroatoms. The van der Waals surface area contributed by atoms with E-state index in [4.69, 9.17) is 0 Å². The highest BCUT2D eigenvalue weighted by Gasteiger charge is 2.36. The maximum absolute atomic E-state index is 12.5. The van der Waals surface area contributed by atoms with E-state index in [1.807, 2.05) is 0 Å². The van der Waals surface area contributed by atoms with Crippen molar-refractivity contribution in [2.45, 2.75) is 6.18 Å². The minimum Gasteiger partial charge on any atom is -0.297 e. The van der Waals surface area contributed by atoms with E-state index >= 15 is 0 Å². The van der Waals surface area contributed by atoms with Gasteiger partial charge in [-0.1, -0.05) is 6.07 Å². The molecule has 0 bridgehead atoms. The van der Waals surface area contributed by atoms with E-state index in [1.54, 1.807) is 0 Å². The summed E-state index contributed by atoms with van der Waals surface area (Å²) in [5.74, 6) is -1.95. The largest absolute Gasteiger partial charge is 0.416 e. The van der Waals surface area contributed by atoms with Gasteiger partial charge in [0, 0.05) is 5.69 Å². The Morgan fingerprint density at radius 2 is 1.89 bits per heavy atom. The van der Waals surface area contributed by atoms with E-state index in [2.05, 4.69) is 0 Å². The Morgan fingerprint density at radius 1 is 1.22 bits per heavy atom. The fourth-order valence-electron chi connectivity index (χ4n) is 1.65. The van der Waals surface area contributed by atoms with Gasteiger partial charge in [-0.05, 0) is 18.2 Å². The van der Waals surface area contributed by atoms with Crippen molar-refractivity contribution < 1.29 is 26.4 Å². The number of carbonyl (C=O) groups is 1. The van der Waals surface area contributed by atoms with Gasteiger partial charge in [0.2, 0.25) is 5.91 Å². The lowest BCUT2D eigenvalue weighted by Gasteiger charge is -2.16. The van der Waals surface area contributed by atoms with E-state index in [0.29, 0.717) is 0 Å². The fourth-order valence-corrected chi connectivity index (χ4v) is 2.96. The smallest absolute Gasteiger partial charge is 0.297 e. The average molecular weight is 279 g/mol. The summed E-state index contributed by atoms with van der Waals surface area (Å²) in [5.41, 5.74) is -0.979. The van der Waals surface area contributed by atoms with Crippen molar-refractivity contribution in [2.75, 3.05) is 16.5 Å². The highest BCUT2D eigenvalue weighted by atomic mass is 32.2. The van der Waals surface area contributed by atoms with Crippen LogP contribution in [0.25, 0.3) is 0 Å². The van der Waals surface area contributed by atoms with Crippen LogP contribution in [-0.2, 0) is 20.8 Å². The molecule has 1 aromatic rings. The summed E-state index contributed by atoms with van der Waals surface area (Å²) in [6.45, 7) is 0. The summed E-state index contributed by atoms with van der Waals surface area (Å²) in [7, 11) is -3.55. The number of halogens is 3. The number of carbonyl (C=O) groups excluding carboxylic acids is 1. The lowest BCUT2D eigenvalue weighted by atomic mass is 10.2. The Kier molecular flexibility index (Phi) is 2.84. The first-order valence-electron chi connectivity index (χ1n) is 4.87. The van der Waals surface area contributed by atoms with Crippen molar-refractivity contribution in [1.82, 2.24) is 0 Å². The van der Waals surface area contributed by atoms with E-state index in [9.17, 15) is 26.4 Å². The van der Waals surface area contributed by atoms with Crippen LogP contribution in [0, 0.1) is 0 Å². The van der Waals surface area contributed by atoms with Crippen LogP contribution in [0.1, 0.15) is 5.56 Å². The highest BCUT2D eigenvalue weighted by Crippen LogP contribution is 2.32. The molecule has 1 aromatic carbocycles. The first-order chi connectivity index (χ1) is 8.19. The van der Waals surface area contributed by atoms with Gasteiger partial charge in [-0.2, -0.15) is 13.2 Å². The SMILES string of the molecule is O=C1CS(=O)(=O)CN1c1cccc(C(F)(F)F)c1. The van der Waals surface area contributed by atoms with Gasteiger partial charge in [0.15, 0.2) is 9.84 Å². The number of hydrogen-bond donors (Lipinski definition) is 0. The molecule has 1 saturated heterocycles. The molecule has 0 radical (unpaired) electrons. The summed E-state index contributed by atoms with van der Waals surface area (Å²) in [6, 6.07) is 4.03. The lowest BCUT2D eigenvalue weighted by molar-refractivity contribution is -0.137. The third-order valence-electron chi connectivity index (χ3n) is 2.46. The van der Waals surface area contributed by atoms with Gasteiger partial charge in [0.1, 0.15) is 11.6 Å². The Morgan fingerprint density at radius 3 is 2.39 bits per heavy atom. The summed E-state index contributed by atoms with van der Waals surface area (Å²) >= 11 is 0. The van der Waals surface area contributed by atoms with Crippen LogP contribution in [0.15, 0.2) is 24.3 Å². The molecule has 4 nitrogen and oxygen atoms in total. The minimum atomic E-state index is -4.53. The molecule has 2 rings (SSSR count). The third kappa shape index (κ3) is 2.47. The molecule has 1 fully saturated rings. The molecule has 0 aromatic heterocycles. The van der Waals surface area contributed by atoms with Crippen molar-refractivity contribution in [3.05, 3.63) is 29.8 Å². The molecule has 1 amide bonds. The Hall–Kier alpha value is -1.57. The molecular weight excluding hydrogens is 271 g/mol. The molecule has 1 aliphatic heterocycles. The molecular formula is C10H8F3NO3S. The normalized spacial score (nSPS) is 19.3. The van der Waals surface area contributed by atoms with Crippen molar-refractivity contribution in [3.8, 4) is 0 Å². The topological polar surface area (TPSA) is 54.5 Å². The Labute approximate surface area is 101 Å². The van der Waals surface area contributed by atoms with Gasteiger partial charge in [-0.15, -0.1) is 0 Å². The van der Waals surface area contributed by atoms with Crippen molar-refractivity contribution in [1.29, 1.82) is 0 Å². The van der Waals surface area contributed by atoms with Crippen molar-refractivity contribution in [3.63, 3.8) is 0 Å². The van der Waals surface area contributed by atoms with E-state index < -0.39 is 39.1 Å². The number of rotatable bonds is 1. The molecule has 1 aliphatic rings. The van der Waals surface area contributed by atoms with Gasteiger partial charge in [0.25, 0.3) is 0 Å². The van der Waals surface area contributed by atoms with E-state index in [0.717, 1.165) is 23.1 Å². The van der Waals surface area contributed by atoms with Crippen LogP contribution >= 0.6 is 0 Å². The van der Waals surface area contributed by atoms with Crippen LogP contribution in [0.4, 0.5) is 18.9 Å². The zero-order valence-electron chi connectivity index (χ0n) is 8.94. The maximum Gasteiger partial charge on any atom is 0.416 e. The number of benzene rings is 1.